The summed E-state index contributed by atoms with van der Waals surface area (Å²) in [5.41, 5.74) is 0.475. The summed E-state index contributed by atoms with van der Waals surface area (Å²) in [7, 11) is 1.52. The molecule has 0 saturated heterocycles. The van der Waals surface area contributed by atoms with Gasteiger partial charge < -0.3 is 14.8 Å². The van der Waals surface area contributed by atoms with E-state index >= 15 is 0 Å². The average Bonchev–Trinajstić information content (AvgIpc) is 2.58. The molecule has 6 heteroatoms. The van der Waals surface area contributed by atoms with E-state index in [2.05, 4.69) is 5.32 Å². The van der Waals surface area contributed by atoms with Crippen LogP contribution in [0.15, 0.2) is 36.4 Å². The number of carbonyl (C=O) groups excluding carboxylic acids is 1. The Morgan fingerprint density at radius 1 is 1.17 bits per heavy atom. The lowest BCUT2D eigenvalue weighted by molar-refractivity contribution is 0.102. The number of ether oxygens (including phenoxy) is 2. The lowest BCUT2D eigenvalue weighted by Gasteiger charge is -2.12. The van der Waals surface area contributed by atoms with Gasteiger partial charge in [0.1, 0.15) is 23.1 Å². The van der Waals surface area contributed by atoms with Gasteiger partial charge in [-0.1, -0.05) is 13.0 Å². The minimum absolute atomic E-state index is 0.258. The van der Waals surface area contributed by atoms with E-state index in [1.54, 1.807) is 12.1 Å². The number of methoxy groups -OCH3 is 1. The Kier molecular flexibility index (Phi) is 6.26. The van der Waals surface area contributed by atoms with Crippen LogP contribution in [0.3, 0.4) is 0 Å². The molecule has 0 bridgehead atoms. The molecule has 1 amide bonds. The summed E-state index contributed by atoms with van der Waals surface area (Å²) in [6.45, 7) is 2.86. The Balaban J connectivity index is 2.21. The van der Waals surface area contributed by atoms with Gasteiger partial charge in [-0.2, -0.15) is 0 Å². The zero-order valence-electron chi connectivity index (χ0n) is 13.6. The smallest absolute Gasteiger partial charge is 0.255 e. The molecule has 2 aromatic rings. The van der Waals surface area contributed by atoms with Crippen molar-refractivity contribution in [3.8, 4) is 5.75 Å². The summed E-state index contributed by atoms with van der Waals surface area (Å²) >= 11 is 0. The molecule has 0 aliphatic heterocycles. The van der Waals surface area contributed by atoms with Gasteiger partial charge >= 0.3 is 0 Å². The molecule has 0 unspecified atom stereocenters. The first-order valence-electron chi connectivity index (χ1n) is 7.56. The normalized spacial score (nSPS) is 10.5. The molecule has 0 aromatic heterocycles. The Hall–Kier alpha value is -2.47. The summed E-state index contributed by atoms with van der Waals surface area (Å²) in [6.07, 6.45) is 0.870. The number of amides is 1. The summed E-state index contributed by atoms with van der Waals surface area (Å²) in [4.78, 5) is 12.3. The number of nitrogens with one attached hydrogen (secondary N) is 1. The average molecular weight is 335 g/mol. The summed E-state index contributed by atoms with van der Waals surface area (Å²) in [6, 6.07) is 8.13. The van der Waals surface area contributed by atoms with Crippen LogP contribution in [0.4, 0.5) is 14.5 Å². The molecule has 24 heavy (non-hydrogen) atoms. The van der Waals surface area contributed by atoms with Crippen molar-refractivity contribution in [1.29, 1.82) is 0 Å². The highest BCUT2D eigenvalue weighted by Gasteiger charge is 2.15. The van der Waals surface area contributed by atoms with Gasteiger partial charge in [0.05, 0.1) is 13.7 Å². The van der Waals surface area contributed by atoms with E-state index < -0.39 is 23.2 Å². The predicted octanol–water partition coefficient (Wildman–Crippen LogP) is 4.15. The number of anilines is 1. The lowest BCUT2D eigenvalue weighted by atomic mass is 10.1. The van der Waals surface area contributed by atoms with E-state index in [1.165, 1.54) is 19.2 Å². The van der Waals surface area contributed by atoms with Gasteiger partial charge in [-0.25, -0.2) is 8.78 Å². The van der Waals surface area contributed by atoms with Crippen LogP contribution in [0.5, 0.6) is 5.75 Å². The van der Waals surface area contributed by atoms with Crippen molar-refractivity contribution < 1.29 is 23.0 Å². The molecule has 0 spiro atoms. The maximum atomic E-state index is 13.6. The van der Waals surface area contributed by atoms with Gasteiger partial charge in [0, 0.05) is 17.7 Å². The maximum Gasteiger partial charge on any atom is 0.255 e. The van der Waals surface area contributed by atoms with Crippen molar-refractivity contribution in [3.63, 3.8) is 0 Å². The van der Waals surface area contributed by atoms with Crippen molar-refractivity contribution in [1.82, 2.24) is 0 Å². The fourth-order valence-corrected chi connectivity index (χ4v) is 2.16. The van der Waals surface area contributed by atoms with Crippen molar-refractivity contribution in [2.24, 2.45) is 0 Å². The number of halogens is 2. The first-order chi connectivity index (χ1) is 11.6. The fraction of sp³-hybridized carbons (Fsp3) is 0.278. The first kappa shape index (κ1) is 17.9. The summed E-state index contributed by atoms with van der Waals surface area (Å²) in [5, 5.41) is 2.26. The Morgan fingerprint density at radius 3 is 2.50 bits per heavy atom. The summed E-state index contributed by atoms with van der Waals surface area (Å²) in [5.74, 6) is -1.69. The van der Waals surface area contributed by atoms with Gasteiger partial charge in [0.2, 0.25) is 0 Å². The standard InChI is InChI=1S/C18H19F2NO3/c1-3-9-24-11-13-10-12(7-8-16(13)23-2)18(22)21-17-14(19)5-4-6-15(17)20/h4-8,10H,3,9,11H2,1-2H3,(H,21,22). The molecule has 0 aliphatic carbocycles. The van der Waals surface area contributed by atoms with Gasteiger partial charge in [-0.3, -0.25) is 4.79 Å². The van der Waals surface area contributed by atoms with E-state index in [0.29, 0.717) is 17.9 Å². The molecule has 0 atom stereocenters. The van der Waals surface area contributed by atoms with Gasteiger partial charge in [-0.15, -0.1) is 0 Å². The van der Waals surface area contributed by atoms with E-state index in [9.17, 15) is 13.6 Å². The highest BCUT2D eigenvalue weighted by atomic mass is 19.1. The molecule has 128 valence electrons. The second kappa shape index (κ2) is 8.40. The molecule has 1 N–H and O–H groups in total. The third-order valence-electron chi connectivity index (χ3n) is 3.35. The topological polar surface area (TPSA) is 47.6 Å². The molecule has 4 nitrogen and oxygen atoms in total. The molecular weight excluding hydrogens is 316 g/mol. The van der Waals surface area contributed by atoms with Crippen LogP contribution < -0.4 is 10.1 Å². The van der Waals surface area contributed by atoms with Gasteiger partial charge in [0.25, 0.3) is 5.91 Å². The molecule has 0 heterocycles. The van der Waals surface area contributed by atoms with E-state index in [4.69, 9.17) is 9.47 Å². The molecule has 0 radical (unpaired) electrons. The third-order valence-corrected chi connectivity index (χ3v) is 3.35. The summed E-state index contributed by atoms with van der Waals surface area (Å²) < 4.78 is 38.0. The molecule has 0 fully saturated rings. The van der Waals surface area contributed by atoms with Crippen molar-refractivity contribution in [2.75, 3.05) is 19.0 Å². The number of carbonyl (C=O) groups is 1. The van der Waals surface area contributed by atoms with Gasteiger partial charge in [0.15, 0.2) is 0 Å². The highest BCUT2D eigenvalue weighted by molar-refractivity contribution is 6.04. The number of rotatable bonds is 7. The third kappa shape index (κ3) is 4.29. The zero-order chi connectivity index (χ0) is 17.5. The van der Waals surface area contributed by atoms with Crippen LogP contribution in [-0.4, -0.2) is 19.6 Å². The fourth-order valence-electron chi connectivity index (χ4n) is 2.16. The van der Waals surface area contributed by atoms with Crippen LogP contribution in [0.25, 0.3) is 0 Å². The largest absolute Gasteiger partial charge is 0.496 e. The van der Waals surface area contributed by atoms with Crippen LogP contribution in [0.1, 0.15) is 29.3 Å². The zero-order valence-corrected chi connectivity index (χ0v) is 13.6. The SMILES string of the molecule is CCCOCc1cc(C(=O)Nc2c(F)cccc2F)ccc1OC. The maximum absolute atomic E-state index is 13.6. The van der Waals surface area contributed by atoms with E-state index in [0.717, 1.165) is 18.6 Å². The Bertz CT molecular complexity index is 699. The monoisotopic (exact) mass is 335 g/mol. The molecule has 2 aromatic carbocycles. The second-order valence-electron chi connectivity index (χ2n) is 5.13. The highest BCUT2D eigenvalue weighted by Crippen LogP contribution is 2.23. The molecule has 0 saturated carbocycles. The van der Waals surface area contributed by atoms with E-state index in [-0.39, 0.29) is 12.2 Å². The Labute approximate surface area is 139 Å². The van der Waals surface area contributed by atoms with Crippen LogP contribution in [0, 0.1) is 11.6 Å². The van der Waals surface area contributed by atoms with Crippen LogP contribution in [0.2, 0.25) is 0 Å². The van der Waals surface area contributed by atoms with Crippen molar-refractivity contribution in [2.45, 2.75) is 20.0 Å². The minimum atomic E-state index is -0.830. The quantitative estimate of drug-likeness (QED) is 0.773. The Morgan fingerprint density at radius 2 is 1.88 bits per heavy atom. The van der Waals surface area contributed by atoms with Crippen molar-refractivity contribution >= 4 is 11.6 Å². The van der Waals surface area contributed by atoms with E-state index in [1.807, 2.05) is 6.92 Å². The molecule has 0 aliphatic rings. The lowest BCUT2D eigenvalue weighted by Crippen LogP contribution is -2.15. The number of para-hydroxylation sites is 1. The number of hydrogen-bond acceptors (Lipinski definition) is 3. The molecular formula is C18H19F2NO3. The van der Waals surface area contributed by atoms with Gasteiger partial charge in [-0.05, 0) is 36.8 Å². The minimum Gasteiger partial charge on any atom is -0.496 e. The molecule has 2 rings (SSSR count). The first-order valence-corrected chi connectivity index (χ1v) is 7.56. The number of benzene rings is 2. The van der Waals surface area contributed by atoms with Crippen LogP contribution >= 0.6 is 0 Å². The second-order valence-corrected chi connectivity index (χ2v) is 5.13. The predicted molar refractivity (Wildman–Crippen MR) is 87.3 cm³/mol. The van der Waals surface area contributed by atoms with Crippen LogP contribution in [-0.2, 0) is 11.3 Å². The van der Waals surface area contributed by atoms with Crippen molar-refractivity contribution in [3.05, 3.63) is 59.2 Å². The number of hydrogen-bond donors (Lipinski definition) is 1.